The fourth-order valence-electron chi connectivity index (χ4n) is 6.11. The highest BCUT2D eigenvalue weighted by Crippen LogP contribution is 2.53. The van der Waals surface area contributed by atoms with Crippen LogP contribution in [0.1, 0.15) is 43.0 Å². The second kappa shape index (κ2) is 7.75. The smallest absolute Gasteiger partial charge is 0.246 e. The first kappa shape index (κ1) is 20.5. The number of aromatic nitrogens is 2. The fourth-order valence-corrected chi connectivity index (χ4v) is 6.11. The summed E-state index contributed by atoms with van der Waals surface area (Å²) >= 11 is 0. The highest BCUT2D eigenvalue weighted by atomic mass is 19.1. The number of carbonyl (C=O) groups excluding carboxylic acids is 1. The monoisotopic (exact) mass is 448 g/mol. The van der Waals surface area contributed by atoms with Gasteiger partial charge in [0.2, 0.25) is 5.91 Å². The van der Waals surface area contributed by atoms with Gasteiger partial charge in [-0.05, 0) is 67.7 Å². The number of fused-ring (bicyclic) bond motifs is 3. The van der Waals surface area contributed by atoms with Gasteiger partial charge in [-0.1, -0.05) is 18.2 Å². The van der Waals surface area contributed by atoms with Gasteiger partial charge in [0.15, 0.2) is 0 Å². The minimum absolute atomic E-state index is 0.0195. The summed E-state index contributed by atoms with van der Waals surface area (Å²) in [5, 5.41) is 11.8. The van der Waals surface area contributed by atoms with E-state index in [1.807, 2.05) is 18.2 Å². The van der Waals surface area contributed by atoms with Gasteiger partial charge in [0.05, 0.1) is 11.6 Å². The van der Waals surface area contributed by atoms with E-state index in [1.54, 1.807) is 6.21 Å². The van der Waals surface area contributed by atoms with Gasteiger partial charge in [-0.25, -0.2) is 13.8 Å². The van der Waals surface area contributed by atoms with Crippen molar-refractivity contribution in [2.75, 3.05) is 0 Å². The van der Waals surface area contributed by atoms with Crippen molar-refractivity contribution >= 4 is 23.0 Å². The van der Waals surface area contributed by atoms with Crippen LogP contribution in [-0.2, 0) is 11.3 Å². The van der Waals surface area contributed by atoms with Crippen molar-refractivity contribution in [2.45, 2.75) is 45.2 Å². The van der Waals surface area contributed by atoms with Gasteiger partial charge in [-0.3, -0.25) is 9.48 Å². The van der Waals surface area contributed by atoms with Gasteiger partial charge < -0.3 is 0 Å². The molecule has 3 aliphatic carbocycles. The van der Waals surface area contributed by atoms with Crippen LogP contribution in [0.4, 0.5) is 8.78 Å². The molecule has 0 N–H and O–H groups in total. The molecule has 1 aliphatic heterocycles. The fraction of sp³-hybridized carbons (Fsp3) is 0.423. The van der Waals surface area contributed by atoms with Gasteiger partial charge >= 0.3 is 0 Å². The zero-order chi connectivity index (χ0) is 22.7. The molecule has 2 heterocycles. The molecule has 7 heteroatoms. The van der Waals surface area contributed by atoms with Crippen LogP contribution in [0, 0.1) is 42.2 Å². The number of hydrazone groups is 1. The molecule has 4 aliphatic rings. The Bertz CT molecular complexity index is 1240. The van der Waals surface area contributed by atoms with Crippen molar-refractivity contribution in [1.29, 1.82) is 0 Å². The molecule has 7 rings (SSSR count). The van der Waals surface area contributed by atoms with Crippen LogP contribution in [0.5, 0.6) is 0 Å². The first-order valence-corrected chi connectivity index (χ1v) is 11.7. The van der Waals surface area contributed by atoms with Crippen molar-refractivity contribution in [1.82, 2.24) is 14.8 Å². The molecule has 3 saturated carbocycles. The quantitative estimate of drug-likeness (QED) is 0.548. The molecule has 0 spiro atoms. The summed E-state index contributed by atoms with van der Waals surface area (Å²) in [6, 6.07) is 11.2. The lowest BCUT2D eigenvalue weighted by molar-refractivity contribution is -0.147. The maximum atomic E-state index is 13.8. The lowest BCUT2D eigenvalue weighted by Gasteiger charge is -2.51. The Hall–Kier alpha value is -3.09. The summed E-state index contributed by atoms with van der Waals surface area (Å²) in [4.78, 5) is 13.6. The number of amides is 1. The molecule has 1 amide bonds. The van der Waals surface area contributed by atoms with E-state index in [4.69, 9.17) is 5.10 Å². The number of halogens is 2. The van der Waals surface area contributed by atoms with Crippen LogP contribution in [0.2, 0.25) is 0 Å². The van der Waals surface area contributed by atoms with Gasteiger partial charge in [-0.2, -0.15) is 10.2 Å². The van der Waals surface area contributed by atoms with Crippen LogP contribution in [0.25, 0.3) is 10.9 Å². The van der Waals surface area contributed by atoms with E-state index in [1.165, 1.54) is 22.5 Å². The Kier molecular flexibility index (Phi) is 4.82. The first-order valence-electron chi connectivity index (χ1n) is 11.7. The number of benzene rings is 2. The predicted octanol–water partition coefficient (Wildman–Crippen LogP) is 5.24. The van der Waals surface area contributed by atoms with Crippen molar-refractivity contribution in [2.24, 2.45) is 28.8 Å². The molecule has 2 bridgehead atoms. The van der Waals surface area contributed by atoms with Crippen molar-refractivity contribution in [3.8, 4) is 0 Å². The number of rotatable bonds is 4. The molecule has 1 aromatic heterocycles. The number of carbonyl (C=O) groups is 1. The van der Waals surface area contributed by atoms with E-state index < -0.39 is 17.7 Å². The van der Waals surface area contributed by atoms with E-state index in [9.17, 15) is 13.6 Å². The zero-order valence-corrected chi connectivity index (χ0v) is 18.5. The minimum atomic E-state index is -0.633. The summed E-state index contributed by atoms with van der Waals surface area (Å²) in [5.41, 5.74) is 2.62. The van der Waals surface area contributed by atoms with E-state index >= 15 is 0 Å². The normalized spacial score (nSPS) is 28.3. The maximum absolute atomic E-state index is 13.8. The zero-order valence-electron chi connectivity index (χ0n) is 18.5. The molecule has 3 aromatic rings. The molecule has 0 saturated heterocycles. The Balaban J connectivity index is 1.22. The van der Waals surface area contributed by atoms with Gasteiger partial charge in [0.1, 0.15) is 11.6 Å². The summed E-state index contributed by atoms with van der Waals surface area (Å²) in [5.74, 6) is -0.0150. The minimum Gasteiger partial charge on any atom is -0.273 e. The predicted molar refractivity (Wildman–Crippen MR) is 121 cm³/mol. The van der Waals surface area contributed by atoms with Crippen LogP contribution < -0.4 is 0 Å². The SMILES string of the molecule is Cc1c2ccccc2nn1C[C@@H]1CC(C(=O)N2N=CCC2c2cc(F)cc(F)c2)C2CC1C2. The third-order valence-corrected chi connectivity index (χ3v) is 7.96. The topological polar surface area (TPSA) is 50.5 Å². The number of nitrogens with zero attached hydrogens (tertiary/aromatic N) is 4. The Morgan fingerprint density at radius 2 is 1.82 bits per heavy atom. The molecule has 3 atom stereocenters. The van der Waals surface area contributed by atoms with E-state index in [2.05, 4.69) is 22.8 Å². The summed E-state index contributed by atoms with van der Waals surface area (Å²) in [7, 11) is 0. The highest BCUT2D eigenvalue weighted by molar-refractivity contribution is 5.83. The molecule has 2 unspecified atom stereocenters. The van der Waals surface area contributed by atoms with E-state index in [-0.39, 0.29) is 11.8 Å². The van der Waals surface area contributed by atoms with Gasteiger partial charge in [-0.15, -0.1) is 0 Å². The number of hydrogen-bond donors (Lipinski definition) is 0. The van der Waals surface area contributed by atoms with Crippen LogP contribution in [-0.4, -0.2) is 26.9 Å². The van der Waals surface area contributed by atoms with Gasteiger partial charge in [0.25, 0.3) is 0 Å². The Morgan fingerprint density at radius 1 is 1.06 bits per heavy atom. The van der Waals surface area contributed by atoms with Gasteiger partial charge in [0, 0.05) is 42.2 Å². The van der Waals surface area contributed by atoms with Crippen LogP contribution in [0.3, 0.4) is 0 Å². The highest BCUT2D eigenvalue weighted by Gasteiger charge is 2.50. The summed E-state index contributed by atoms with van der Waals surface area (Å²) < 4.78 is 29.7. The third kappa shape index (κ3) is 3.45. The van der Waals surface area contributed by atoms with E-state index in [0.29, 0.717) is 29.7 Å². The molecule has 5 nitrogen and oxygen atoms in total. The largest absolute Gasteiger partial charge is 0.273 e. The Labute approximate surface area is 191 Å². The molecule has 170 valence electrons. The van der Waals surface area contributed by atoms with E-state index in [0.717, 1.165) is 43.1 Å². The number of hydrogen-bond acceptors (Lipinski definition) is 3. The number of aryl methyl sites for hydroxylation is 1. The molecule has 33 heavy (non-hydrogen) atoms. The molecule has 2 aromatic carbocycles. The second-order valence-electron chi connectivity index (χ2n) is 9.81. The lowest BCUT2D eigenvalue weighted by atomic mass is 9.55. The first-order chi connectivity index (χ1) is 16.0. The average Bonchev–Trinajstić information content (AvgIpc) is 3.37. The third-order valence-electron chi connectivity index (χ3n) is 7.96. The lowest BCUT2D eigenvalue weighted by Crippen LogP contribution is -2.49. The average molecular weight is 449 g/mol. The molecular weight excluding hydrogens is 422 g/mol. The van der Waals surface area contributed by atoms with Crippen molar-refractivity contribution in [3.63, 3.8) is 0 Å². The summed E-state index contributed by atoms with van der Waals surface area (Å²) in [6.07, 6.45) is 5.06. The Morgan fingerprint density at radius 3 is 2.58 bits per heavy atom. The molecule has 3 fully saturated rings. The van der Waals surface area contributed by atoms with Crippen molar-refractivity contribution in [3.05, 3.63) is 65.4 Å². The maximum Gasteiger partial charge on any atom is 0.246 e. The molecular formula is C26H26F2N4O. The molecule has 0 radical (unpaired) electrons. The summed E-state index contributed by atoms with van der Waals surface area (Å²) in [6.45, 7) is 2.91. The van der Waals surface area contributed by atoms with Crippen LogP contribution in [0.15, 0.2) is 47.6 Å². The van der Waals surface area contributed by atoms with Crippen LogP contribution >= 0.6 is 0 Å². The standard InChI is InChI=1S/C26H26F2N4O/c1-15-22-4-2-3-5-24(22)30-31(15)14-19-12-23(17-8-16(19)9-17)26(33)32-25(6-7-29-32)18-10-20(27)13-21(28)11-18/h2-5,7,10-11,13,16-17,19,23,25H,6,8-9,12,14H2,1H3/t16?,17?,19-,23?,25?/m0/s1. The second-order valence-corrected chi connectivity index (χ2v) is 9.81. The van der Waals surface area contributed by atoms with Crippen molar-refractivity contribution < 1.29 is 13.6 Å².